The summed E-state index contributed by atoms with van der Waals surface area (Å²) in [7, 11) is 0. The SMILES string of the molecule is O=c1c2ccccc2nc(CCl)n1C1CC1. The molecule has 1 aliphatic carbocycles. The van der Waals surface area contributed by atoms with Crippen LogP contribution >= 0.6 is 11.6 Å². The molecule has 1 aromatic heterocycles. The van der Waals surface area contributed by atoms with E-state index < -0.39 is 0 Å². The number of halogens is 1. The van der Waals surface area contributed by atoms with Crippen molar-refractivity contribution in [2.45, 2.75) is 24.8 Å². The average molecular weight is 235 g/mol. The smallest absolute Gasteiger partial charge is 0.261 e. The molecule has 0 spiro atoms. The Morgan fingerprint density at radius 1 is 1.38 bits per heavy atom. The Bertz CT molecular complexity index is 601. The number of hydrogen-bond acceptors (Lipinski definition) is 2. The normalized spacial score (nSPS) is 15.6. The minimum atomic E-state index is 0.0451. The second-order valence-corrected chi connectivity index (χ2v) is 4.35. The molecule has 0 aliphatic heterocycles. The first-order valence-corrected chi connectivity index (χ1v) is 5.91. The third kappa shape index (κ3) is 1.43. The number of fused-ring (bicyclic) bond motifs is 1. The Balaban J connectivity index is 2.38. The summed E-state index contributed by atoms with van der Waals surface area (Å²) in [6, 6.07) is 7.74. The first kappa shape index (κ1) is 9.85. The minimum absolute atomic E-state index is 0.0451. The van der Waals surface area contributed by atoms with Gasteiger partial charge < -0.3 is 0 Å². The lowest BCUT2D eigenvalue weighted by atomic mass is 10.2. The molecule has 82 valence electrons. The van der Waals surface area contributed by atoms with Gasteiger partial charge in [-0.1, -0.05) is 12.1 Å². The first-order chi connectivity index (χ1) is 7.81. The highest BCUT2D eigenvalue weighted by atomic mass is 35.5. The molecule has 0 amide bonds. The molecule has 1 aromatic carbocycles. The fourth-order valence-corrected chi connectivity index (χ4v) is 2.18. The average Bonchev–Trinajstić information content (AvgIpc) is 3.13. The number of alkyl halides is 1. The number of hydrogen-bond donors (Lipinski definition) is 0. The zero-order valence-electron chi connectivity index (χ0n) is 8.69. The van der Waals surface area contributed by atoms with Crippen LogP contribution in [0.1, 0.15) is 24.7 Å². The molecule has 1 heterocycles. The van der Waals surface area contributed by atoms with E-state index in [2.05, 4.69) is 4.98 Å². The Hall–Kier alpha value is -1.35. The zero-order valence-corrected chi connectivity index (χ0v) is 9.44. The van der Waals surface area contributed by atoms with Gasteiger partial charge in [0.25, 0.3) is 5.56 Å². The quantitative estimate of drug-likeness (QED) is 0.749. The van der Waals surface area contributed by atoms with Crippen molar-refractivity contribution in [1.29, 1.82) is 0 Å². The van der Waals surface area contributed by atoms with Gasteiger partial charge >= 0.3 is 0 Å². The van der Waals surface area contributed by atoms with Crippen LogP contribution < -0.4 is 5.56 Å². The standard InChI is InChI=1S/C12H11ClN2O/c13-7-11-14-10-4-2-1-3-9(10)12(16)15(11)8-5-6-8/h1-4,8H,5-7H2. The zero-order chi connectivity index (χ0) is 11.1. The lowest BCUT2D eigenvalue weighted by Crippen LogP contribution is -2.23. The summed E-state index contributed by atoms with van der Waals surface area (Å²) in [6.07, 6.45) is 2.12. The molecule has 3 rings (SSSR count). The van der Waals surface area contributed by atoms with E-state index in [1.165, 1.54) is 0 Å². The fraction of sp³-hybridized carbons (Fsp3) is 0.333. The van der Waals surface area contributed by atoms with E-state index in [0.717, 1.165) is 18.4 Å². The fourth-order valence-electron chi connectivity index (χ4n) is 2.00. The molecular formula is C12H11ClN2O. The highest BCUT2D eigenvalue weighted by Gasteiger charge is 2.27. The molecule has 0 saturated heterocycles. The Labute approximate surface area is 97.7 Å². The van der Waals surface area contributed by atoms with Gasteiger partial charge in [0, 0.05) is 6.04 Å². The van der Waals surface area contributed by atoms with E-state index in [4.69, 9.17) is 11.6 Å². The maximum atomic E-state index is 12.3. The van der Waals surface area contributed by atoms with Crippen molar-refractivity contribution in [2.24, 2.45) is 0 Å². The number of benzene rings is 1. The van der Waals surface area contributed by atoms with Gasteiger partial charge in [-0.2, -0.15) is 0 Å². The van der Waals surface area contributed by atoms with Crippen LogP contribution in [0.3, 0.4) is 0 Å². The molecule has 0 atom stereocenters. The van der Waals surface area contributed by atoms with Crippen molar-refractivity contribution in [3.05, 3.63) is 40.4 Å². The predicted molar refractivity (Wildman–Crippen MR) is 63.8 cm³/mol. The van der Waals surface area contributed by atoms with Crippen LogP contribution in [0.25, 0.3) is 10.9 Å². The van der Waals surface area contributed by atoms with Crippen molar-refractivity contribution in [3.8, 4) is 0 Å². The third-order valence-corrected chi connectivity index (χ3v) is 3.15. The highest BCUT2D eigenvalue weighted by molar-refractivity contribution is 6.16. The monoisotopic (exact) mass is 234 g/mol. The Kier molecular flexibility index (Phi) is 2.21. The van der Waals surface area contributed by atoms with Gasteiger partial charge in [-0.3, -0.25) is 9.36 Å². The summed E-state index contributed by atoms with van der Waals surface area (Å²) < 4.78 is 1.76. The van der Waals surface area contributed by atoms with Crippen LogP contribution in [0.5, 0.6) is 0 Å². The highest BCUT2D eigenvalue weighted by Crippen LogP contribution is 2.34. The van der Waals surface area contributed by atoms with Crippen molar-refractivity contribution in [3.63, 3.8) is 0 Å². The first-order valence-electron chi connectivity index (χ1n) is 5.37. The van der Waals surface area contributed by atoms with Crippen LogP contribution in [0.4, 0.5) is 0 Å². The van der Waals surface area contributed by atoms with E-state index in [1.54, 1.807) is 4.57 Å². The summed E-state index contributed by atoms with van der Waals surface area (Å²) in [5.74, 6) is 0.976. The second kappa shape index (κ2) is 3.59. The molecule has 1 fully saturated rings. The van der Waals surface area contributed by atoms with Gasteiger partial charge in [-0.05, 0) is 25.0 Å². The van der Waals surface area contributed by atoms with E-state index in [1.807, 2.05) is 24.3 Å². The number of aromatic nitrogens is 2. The van der Waals surface area contributed by atoms with Gasteiger partial charge in [-0.25, -0.2) is 4.98 Å². The molecule has 0 unspecified atom stereocenters. The molecule has 3 nitrogen and oxygen atoms in total. The van der Waals surface area contributed by atoms with Crippen LogP contribution in [-0.2, 0) is 5.88 Å². The largest absolute Gasteiger partial charge is 0.292 e. The van der Waals surface area contributed by atoms with Crippen molar-refractivity contribution < 1.29 is 0 Å². The predicted octanol–water partition coefficient (Wildman–Crippen LogP) is 2.47. The van der Waals surface area contributed by atoms with Crippen molar-refractivity contribution in [1.82, 2.24) is 9.55 Å². The molecular weight excluding hydrogens is 224 g/mol. The van der Waals surface area contributed by atoms with Crippen LogP contribution in [0, 0.1) is 0 Å². The van der Waals surface area contributed by atoms with Gasteiger partial charge in [0.15, 0.2) is 0 Å². The summed E-state index contributed by atoms with van der Waals surface area (Å²) in [5.41, 5.74) is 0.781. The molecule has 0 bridgehead atoms. The van der Waals surface area contributed by atoms with E-state index in [0.29, 0.717) is 17.3 Å². The van der Waals surface area contributed by atoms with Gasteiger partial charge in [0.05, 0.1) is 16.8 Å². The molecule has 2 aromatic rings. The van der Waals surface area contributed by atoms with E-state index >= 15 is 0 Å². The molecule has 0 N–H and O–H groups in total. The van der Waals surface area contributed by atoms with E-state index in [-0.39, 0.29) is 11.4 Å². The maximum Gasteiger partial charge on any atom is 0.261 e. The number of para-hydroxylation sites is 1. The minimum Gasteiger partial charge on any atom is -0.292 e. The van der Waals surface area contributed by atoms with Crippen LogP contribution in [0.15, 0.2) is 29.1 Å². The van der Waals surface area contributed by atoms with E-state index in [9.17, 15) is 4.79 Å². The van der Waals surface area contributed by atoms with Gasteiger partial charge in [0.2, 0.25) is 0 Å². The maximum absolute atomic E-state index is 12.3. The molecule has 4 heteroatoms. The molecule has 1 saturated carbocycles. The molecule has 16 heavy (non-hydrogen) atoms. The summed E-state index contributed by atoms with van der Waals surface area (Å²) in [5, 5.41) is 0.684. The lowest BCUT2D eigenvalue weighted by molar-refractivity contribution is 0.662. The summed E-state index contributed by atoms with van der Waals surface area (Å²) in [4.78, 5) is 16.7. The van der Waals surface area contributed by atoms with Gasteiger partial charge in [-0.15, -0.1) is 11.6 Å². The van der Waals surface area contributed by atoms with Crippen molar-refractivity contribution in [2.75, 3.05) is 0 Å². The lowest BCUT2D eigenvalue weighted by Gasteiger charge is -2.10. The number of nitrogens with zero attached hydrogens (tertiary/aromatic N) is 2. The second-order valence-electron chi connectivity index (χ2n) is 4.09. The van der Waals surface area contributed by atoms with Crippen molar-refractivity contribution >= 4 is 22.5 Å². The Morgan fingerprint density at radius 3 is 2.81 bits per heavy atom. The summed E-state index contributed by atoms with van der Waals surface area (Å²) >= 11 is 5.85. The summed E-state index contributed by atoms with van der Waals surface area (Å²) in [6.45, 7) is 0. The van der Waals surface area contributed by atoms with Crippen LogP contribution in [0.2, 0.25) is 0 Å². The number of rotatable bonds is 2. The van der Waals surface area contributed by atoms with Crippen LogP contribution in [-0.4, -0.2) is 9.55 Å². The third-order valence-electron chi connectivity index (χ3n) is 2.91. The van der Waals surface area contributed by atoms with Gasteiger partial charge in [0.1, 0.15) is 5.82 Å². The molecule has 1 aliphatic rings. The Morgan fingerprint density at radius 2 is 2.12 bits per heavy atom. The molecule has 0 radical (unpaired) electrons. The topological polar surface area (TPSA) is 34.9 Å².